The van der Waals surface area contributed by atoms with Crippen LogP contribution in [0.25, 0.3) is 0 Å². The molecule has 2 nitrogen and oxygen atoms in total. The van der Waals surface area contributed by atoms with E-state index in [-0.39, 0.29) is 5.82 Å². The minimum absolute atomic E-state index is 0.281. The summed E-state index contributed by atoms with van der Waals surface area (Å²) in [7, 11) is 0. The first kappa shape index (κ1) is 12.8. The maximum Gasteiger partial charge on any atom is 0.132 e. The van der Waals surface area contributed by atoms with Crippen molar-refractivity contribution >= 4 is 27.5 Å². The topological polar surface area (TPSA) is 38.4 Å². The van der Waals surface area contributed by atoms with Crippen molar-refractivity contribution in [3.05, 3.63) is 63.9 Å². The van der Waals surface area contributed by atoms with Crippen LogP contribution < -0.4 is 5.73 Å². The molecule has 0 heterocycles. The van der Waals surface area contributed by atoms with Gasteiger partial charge in [-0.1, -0.05) is 40.2 Å². The zero-order valence-electron chi connectivity index (χ0n) is 9.82. The largest absolute Gasteiger partial charge is 0.383 e. The van der Waals surface area contributed by atoms with Crippen LogP contribution in [-0.4, -0.2) is 5.84 Å². The second kappa shape index (κ2) is 5.31. The number of halogens is 2. The van der Waals surface area contributed by atoms with Crippen molar-refractivity contribution in [2.24, 2.45) is 10.7 Å². The lowest BCUT2D eigenvalue weighted by atomic mass is 10.2. The average molecular weight is 307 g/mol. The predicted octanol–water partition coefficient (Wildman–Crippen LogP) is 3.93. The summed E-state index contributed by atoms with van der Waals surface area (Å²) in [5.41, 5.74) is 7.80. The summed E-state index contributed by atoms with van der Waals surface area (Å²) >= 11 is 3.40. The summed E-state index contributed by atoms with van der Waals surface area (Å²) in [5, 5.41) is 0. The van der Waals surface area contributed by atoms with Gasteiger partial charge in [-0.25, -0.2) is 9.38 Å². The summed E-state index contributed by atoms with van der Waals surface area (Å²) in [6, 6.07) is 12.3. The molecule has 2 aromatic carbocycles. The Morgan fingerprint density at radius 1 is 1.22 bits per heavy atom. The Labute approximate surface area is 113 Å². The predicted molar refractivity (Wildman–Crippen MR) is 75.7 cm³/mol. The maximum absolute atomic E-state index is 13.4. The molecule has 4 heteroatoms. The first-order valence-corrected chi connectivity index (χ1v) is 6.22. The quantitative estimate of drug-likeness (QED) is 0.662. The van der Waals surface area contributed by atoms with E-state index >= 15 is 0 Å². The third kappa shape index (κ3) is 2.76. The van der Waals surface area contributed by atoms with Crippen molar-refractivity contribution in [3.63, 3.8) is 0 Å². The molecule has 0 atom stereocenters. The highest BCUT2D eigenvalue weighted by atomic mass is 79.9. The lowest BCUT2D eigenvalue weighted by Crippen LogP contribution is -2.13. The van der Waals surface area contributed by atoms with Crippen LogP contribution >= 0.6 is 15.9 Å². The van der Waals surface area contributed by atoms with Gasteiger partial charge < -0.3 is 5.73 Å². The number of nitrogens with two attached hydrogens (primary N) is 1. The van der Waals surface area contributed by atoms with Crippen LogP contribution in [0.1, 0.15) is 11.1 Å². The Bertz CT molecular complexity index is 608. The standard InChI is InChI=1S/C14H12BrFN2/c1-9-6-7-10(8-13(9)16)18-14(17)11-4-2-3-5-12(11)15/h2-8H,1H3,(H2,17,18). The van der Waals surface area contributed by atoms with Crippen LogP contribution in [0.4, 0.5) is 10.1 Å². The van der Waals surface area contributed by atoms with Gasteiger partial charge in [0.2, 0.25) is 0 Å². The fourth-order valence-corrected chi connectivity index (χ4v) is 2.01. The van der Waals surface area contributed by atoms with Gasteiger partial charge in [0.05, 0.1) is 5.69 Å². The van der Waals surface area contributed by atoms with E-state index in [1.165, 1.54) is 6.07 Å². The van der Waals surface area contributed by atoms with Crippen LogP contribution in [0.5, 0.6) is 0 Å². The monoisotopic (exact) mass is 306 g/mol. The highest BCUT2D eigenvalue weighted by Crippen LogP contribution is 2.20. The van der Waals surface area contributed by atoms with Crippen LogP contribution in [-0.2, 0) is 0 Å². The lowest BCUT2D eigenvalue weighted by molar-refractivity contribution is 0.619. The smallest absolute Gasteiger partial charge is 0.132 e. The highest BCUT2D eigenvalue weighted by molar-refractivity contribution is 9.10. The SMILES string of the molecule is Cc1ccc(N=C(N)c2ccccc2Br)cc1F. The average Bonchev–Trinajstić information content (AvgIpc) is 2.34. The molecule has 0 amide bonds. The number of aliphatic imine (C=N–C) groups is 1. The van der Waals surface area contributed by atoms with Gasteiger partial charge in [-0.3, -0.25) is 0 Å². The van der Waals surface area contributed by atoms with Crippen molar-refractivity contribution in [2.75, 3.05) is 0 Å². The molecule has 0 bridgehead atoms. The van der Waals surface area contributed by atoms with E-state index < -0.39 is 0 Å². The van der Waals surface area contributed by atoms with Gasteiger partial charge >= 0.3 is 0 Å². The number of rotatable bonds is 2. The Morgan fingerprint density at radius 2 is 1.94 bits per heavy atom. The highest BCUT2D eigenvalue weighted by Gasteiger charge is 2.04. The Balaban J connectivity index is 2.39. The Morgan fingerprint density at radius 3 is 2.61 bits per heavy atom. The van der Waals surface area contributed by atoms with E-state index in [1.54, 1.807) is 19.1 Å². The zero-order chi connectivity index (χ0) is 13.1. The summed E-state index contributed by atoms with van der Waals surface area (Å²) in [5.74, 6) is 0.0712. The van der Waals surface area contributed by atoms with Crippen LogP contribution in [0.15, 0.2) is 51.9 Å². The van der Waals surface area contributed by atoms with Crippen molar-refractivity contribution in [3.8, 4) is 0 Å². The molecule has 0 fully saturated rings. The first-order chi connectivity index (χ1) is 8.58. The molecule has 0 aliphatic heterocycles. The number of aryl methyl sites for hydroxylation is 1. The van der Waals surface area contributed by atoms with Crippen molar-refractivity contribution < 1.29 is 4.39 Å². The van der Waals surface area contributed by atoms with E-state index in [4.69, 9.17) is 5.73 Å². The minimum atomic E-state index is -0.281. The molecule has 0 radical (unpaired) electrons. The number of nitrogens with zero attached hydrogens (tertiary/aromatic N) is 1. The molecule has 0 unspecified atom stereocenters. The molecule has 92 valence electrons. The number of hydrogen-bond acceptors (Lipinski definition) is 1. The fraction of sp³-hybridized carbons (Fsp3) is 0.0714. The van der Waals surface area contributed by atoms with Crippen LogP contribution in [0, 0.1) is 12.7 Å². The van der Waals surface area contributed by atoms with E-state index in [1.807, 2.05) is 24.3 Å². The van der Waals surface area contributed by atoms with Crippen molar-refractivity contribution in [2.45, 2.75) is 6.92 Å². The third-order valence-corrected chi connectivity index (χ3v) is 3.25. The van der Waals surface area contributed by atoms with E-state index in [0.29, 0.717) is 17.1 Å². The van der Waals surface area contributed by atoms with Gasteiger partial charge in [0.25, 0.3) is 0 Å². The van der Waals surface area contributed by atoms with Gasteiger partial charge in [0.1, 0.15) is 11.7 Å². The molecule has 0 aliphatic carbocycles. The van der Waals surface area contributed by atoms with E-state index in [9.17, 15) is 4.39 Å². The minimum Gasteiger partial charge on any atom is -0.383 e. The van der Waals surface area contributed by atoms with Crippen molar-refractivity contribution in [1.82, 2.24) is 0 Å². The molecular weight excluding hydrogens is 295 g/mol. The van der Waals surface area contributed by atoms with Gasteiger partial charge in [0, 0.05) is 10.0 Å². The molecule has 0 aliphatic rings. The molecule has 2 rings (SSSR count). The second-order valence-corrected chi connectivity index (χ2v) is 4.76. The number of benzene rings is 2. The molecule has 18 heavy (non-hydrogen) atoms. The molecular formula is C14H12BrFN2. The number of amidine groups is 1. The number of hydrogen-bond donors (Lipinski definition) is 1. The maximum atomic E-state index is 13.4. The normalized spacial score (nSPS) is 11.6. The molecule has 2 N–H and O–H groups in total. The van der Waals surface area contributed by atoms with Crippen LogP contribution in [0.3, 0.4) is 0 Å². The first-order valence-electron chi connectivity index (χ1n) is 5.43. The second-order valence-electron chi connectivity index (χ2n) is 3.91. The molecule has 0 spiro atoms. The van der Waals surface area contributed by atoms with Gasteiger partial charge in [-0.15, -0.1) is 0 Å². The summed E-state index contributed by atoms with van der Waals surface area (Å²) < 4.78 is 14.3. The summed E-state index contributed by atoms with van der Waals surface area (Å²) in [4.78, 5) is 4.22. The zero-order valence-corrected chi connectivity index (χ0v) is 11.4. The third-order valence-electron chi connectivity index (χ3n) is 2.55. The summed E-state index contributed by atoms with van der Waals surface area (Å²) in [6.07, 6.45) is 0. The van der Waals surface area contributed by atoms with E-state index in [0.717, 1.165) is 10.0 Å². The molecule has 2 aromatic rings. The molecule has 0 saturated heterocycles. The molecule has 0 saturated carbocycles. The fourth-order valence-electron chi connectivity index (χ4n) is 1.52. The molecule has 0 aromatic heterocycles. The Kier molecular flexibility index (Phi) is 3.77. The summed E-state index contributed by atoms with van der Waals surface area (Å²) in [6.45, 7) is 1.71. The van der Waals surface area contributed by atoms with Crippen LogP contribution in [0.2, 0.25) is 0 Å². The van der Waals surface area contributed by atoms with E-state index in [2.05, 4.69) is 20.9 Å². The van der Waals surface area contributed by atoms with Gasteiger partial charge in [-0.05, 0) is 30.7 Å². The van der Waals surface area contributed by atoms with Crippen molar-refractivity contribution in [1.29, 1.82) is 0 Å². The Hall–Kier alpha value is -1.68. The lowest BCUT2D eigenvalue weighted by Gasteiger charge is -2.04. The van der Waals surface area contributed by atoms with Gasteiger partial charge in [-0.2, -0.15) is 0 Å². The van der Waals surface area contributed by atoms with Gasteiger partial charge in [0.15, 0.2) is 0 Å².